The van der Waals surface area contributed by atoms with Crippen LogP contribution in [0.25, 0.3) is 0 Å². The number of benzene rings is 1. The van der Waals surface area contributed by atoms with E-state index in [1.54, 1.807) is 7.11 Å². The Morgan fingerprint density at radius 1 is 1.27 bits per heavy atom. The van der Waals surface area contributed by atoms with Gasteiger partial charge in [0.05, 0.1) is 12.3 Å². The first-order valence-electron chi connectivity index (χ1n) is 7.46. The number of nitrogens with zero attached hydrogens (tertiary/aromatic N) is 3. The molecule has 0 spiro atoms. The average molecular weight is 299 g/mol. The monoisotopic (exact) mass is 299 g/mol. The largest absolute Gasteiger partial charge is 0.487 e. The minimum absolute atomic E-state index is 0.487. The molecule has 2 heterocycles. The second-order valence-corrected chi connectivity index (χ2v) is 5.51. The van der Waals surface area contributed by atoms with E-state index >= 15 is 0 Å². The lowest BCUT2D eigenvalue weighted by atomic mass is 10.0. The fraction of sp³-hybridized carbons (Fsp3) is 0.412. The molecule has 0 amide bonds. The molecule has 0 atom stereocenters. The van der Waals surface area contributed by atoms with Crippen LogP contribution in [0.1, 0.15) is 22.6 Å². The third-order valence-electron chi connectivity index (χ3n) is 3.88. The van der Waals surface area contributed by atoms with E-state index in [1.807, 2.05) is 32.2 Å². The Kier molecular flexibility index (Phi) is 4.24. The highest BCUT2D eigenvalue weighted by molar-refractivity contribution is 5.53. The van der Waals surface area contributed by atoms with Crippen LogP contribution in [0.2, 0.25) is 0 Å². The van der Waals surface area contributed by atoms with Crippen molar-refractivity contribution in [2.75, 3.05) is 32.2 Å². The molecule has 1 aromatic heterocycles. The van der Waals surface area contributed by atoms with Gasteiger partial charge in [0.1, 0.15) is 24.0 Å². The Morgan fingerprint density at radius 2 is 2.09 bits per heavy atom. The number of methoxy groups -OCH3 is 1. The molecule has 0 unspecified atom stereocenters. The lowest BCUT2D eigenvalue weighted by Gasteiger charge is -2.22. The molecule has 1 aliphatic rings. The number of hydrogen-bond acceptors (Lipinski definition) is 5. The third kappa shape index (κ3) is 2.90. The van der Waals surface area contributed by atoms with Crippen molar-refractivity contribution in [2.24, 2.45) is 0 Å². The van der Waals surface area contributed by atoms with Gasteiger partial charge >= 0.3 is 0 Å². The minimum atomic E-state index is 0.487. The molecule has 3 rings (SSSR count). The van der Waals surface area contributed by atoms with Crippen molar-refractivity contribution >= 4 is 5.82 Å². The van der Waals surface area contributed by atoms with Crippen molar-refractivity contribution < 1.29 is 9.47 Å². The van der Waals surface area contributed by atoms with Crippen LogP contribution in [0.15, 0.2) is 24.3 Å². The van der Waals surface area contributed by atoms with Crippen molar-refractivity contribution in [1.82, 2.24) is 9.97 Å². The molecule has 116 valence electrons. The summed E-state index contributed by atoms with van der Waals surface area (Å²) in [6.07, 6.45) is 0.790. The molecule has 0 fully saturated rings. The lowest BCUT2D eigenvalue weighted by molar-refractivity contribution is 0.206. The van der Waals surface area contributed by atoms with Gasteiger partial charge in [-0.3, -0.25) is 0 Å². The van der Waals surface area contributed by atoms with Crippen molar-refractivity contribution in [3.8, 4) is 5.75 Å². The lowest BCUT2D eigenvalue weighted by Crippen LogP contribution is -2.25. The number of likely N-dealkylation sites (N-methyl/N-ethyl adjacent to an activating group) is 1. The molecule has 22 heavy (non-hydrogen) atoms. The topological polar surface area (TPSA) is 47.5 Å². The highest BCUT2D eigenvalue weighted by Gasteiger charge is 2.21. The smallest absolute Gasteiger partial charge is 0.136 e. The van der Waals surface area contributed by atoms with Crippen LogP contribution in [0.4, 0.5) is 5.82 Å². The Morgan fingerprint density at radius 3 is 2.91 bits per heavy atom. The molecule has 0 saturated carbocycles. The molecule has 0 N–H and O–H groups in total. The quantitative estimate of drug-likeness (QED) is 0.867. The first-order valence-corrected chi connectivity index (χ1v) is 7.46. The van der Waals surface area contributed by atoms with Gasteiger partial charge < -0.3 is 14.4 Å². The molecule has 0 aliphatic carbocycles. The number of aromatic nitrogens is 2. The second kappa shape index (κ2) is 6.32. The number of aryl methyl sites for hydroxylation is 1. The number of anilines is 1. The molecule has 2 aromatic rings. The van der Waals surface area contributed by atoms with Crippen LogP contribution in [0, 0.1) is 6.92 Å². The summed E-state index contributed by atoms with van der Waals surface area (Å²) in [7, 11) is 3.75. The SMILES string of the molecule is COCCN(C)c1nc(C)nc2c1Cc1ccccc1OC2. The van der Waals surface area contributed by atoms with E-state index in [4.69, 9.17) is 9.47 Å². The predicted octanol–water partition coefficient (Wildman–Crippen LogP) is 2.35. The summed E-state index contributed by atoms with van der Waals surface area (Å²) < 4.78 is 11.1. The van der Waals surface area contributed by atoms with E-state index in [9.17, 15) is 0 Å². The Labute approximate surface area is 130 Å². The summed E-state index contributed by atoms with van der Waals surface area (Å²) in [5.41, 5.74) is 3.30. The number of ether oxygens (including phenoxy) is 2. The molecule has 1 aliphatic heterocycles. The zero-order chi connectivity index (χ0) is 15.5. The molecule has 0 saturated heterocycles. The van der Waals surface area contributed by atoms with E-state index in [0.29, 0.717) is 13.2 Å². The van der Waals surface area contributed by atoms with Crippen molar-refractivity contribution in [3.05, 3.63) is 46.9 Å². The summed E-state index contributed by atoms with van der Waals surface area (Å²) in [5, 5.41) is 0. The molecular formula is C17H21N3O2. The number of para-hydroxylation sites is 1. The van der Waals surface area contributed by atoms with Gasteiger partial charge in [-0.15, -0.1) is 0 Å². The van der Waals surface area contributed by atoms with Crippen LogP contribution >= 0.6 is 0 Å². The summed E-state index contributed by atoms with van der Waals surface area (Å²) in [6, 6.07) is 8.15. The van der Waals surface area contributed by atoms with Gasteiger partial charge in [0.25, 0.3) is 0 Å². The molecule has 5 heteroatoms. The van der Waals surface area contributed by atoms with Gasteiger partial charge in [-0.1, -0.05) is 18.2 Å². The molecule has 1 aromatic carbocycles. The van der Waals surface area contributed by atoms with E-state index in [-0.39, 0.29) is 0 Å². The highest BCUT2D eigenvalue weighted by atomic mass is 16.5. The maximum atomic E-state index is 5.91. The van der Waals surface area contributed by atoms with Crippen LogP contribution in [0.3, 0.4) is 0 Å². The van der Waals surface area contributed by atoms with Gasteiger partial charge in [-0.2, -0.15) is 0 Å². The van der Waals surface area contributed by atoms with Crippen LogP contribution in [-0.2, 0) is 17.8 Å². The zero-order valence-corrected chi connectivity index (χ0v) is 13.3. The third-order valence-corrected chi connectivity index (χ3v) is 3.88. The van der Waals surface area contributed by atoms with Crippen molar-refractivity contribution in [3.63, 3.8) is 0 Å². The first kappa shape index (κ1) is 14.8. The summed E-state index contributed by atoms with van der Waals surface area (Å²) >= 11 is 0. The maximum Gasteiger partial charge on any atom is 0.136 e. The van der Waals surface area contributed by atoms with Gasteiger partial charge in [-0.25, -0.2) is 9.97 Å². The molecule has 5 nitrogen and oxygen atoms in total. The zero-order valence-electron chi connectivity index (χ0n) is 13.3. The van der Waals surface area contributed by atoms with Crippen LogP contribution < -0.4 is 9.64 Å². The van der Waals surface area contributed by atoms with E-state index in [1.165, 1.54) is 5.56 Å². The van der Waals surface area contributed by atoms with Gasteiger partial charge in [0.2, 0.25) is 0 Å². The summed E-state index contributed by atoms with van der Waals surface area (Å²) in [6.45, 7) is 3.87. The molecular weight excluding hydrogens is 278 g/mol. The van der Waals surface area contributed by atoms with Crippen molar-refractivity contribution in [2.45, 2.75) is 20.0 Å². The Bertz CT molecular complexity index is 673. The average Bonchev–Trinajstić information content (AvgIpc) is 2.71. The number of fused-ring (bicyclic) bond motifs is 2. The normalized spacial score (nSPS) is 12.9. The maximum absolute atomic E-state index is 5.91. The Hall–Kier alpha value is -2.14. The van der Waals surface area contributed by atoms with Gasteiger partial charge in [0.15, 0.2) is 0 Å². The highest BCUT2D eigenvalue weighted by Crippen LogP contribution is 2.31. The summed E-state index contributed by atoms with van der Waals surface area (Å²) in [4.78, 5) is 11.4. The minimum Gasteiger partial charge on any atom is -0.487 e. The first-order chi connectivity index (χ1) is 10.7. The van der Waals surface area contributed by atoms with E-state index < -0.39 is 0 Å². The fourth-order valence-corrected chi connectivity index (χ4v) is 2.72. The predicted molar refractivity (Wildman–Crippen MR) is 85.5 cm³/mol. The van der Waals surface area contributed by atoms with Gasteiger partial charge in [0, 0.05) is 32.7 Å². The number of hydrogen-bond donors (Lipinski definition) is 0. The second-order valence-electron chi connectivity index (χ2n) is 5.51. The van der Waals surface area contributed by atoms with Crippen LogP contribution in [0.5, 0.6) is 5.75 Å². The van der Waals surface area contributed by atoms with Crippen molar-refractivity contribution in [1.29, 1.82) is 0 Å². The Balaban J connectivity index is 2.02. The fourth-order valence-electron chi connectivity index (χ4n) is 2.72. The standard InChI is InChI=1S/C17H21N3O2/c1-12-18-15-11-22-16-7-5-4-6-13(16)10-14(15)17(19-12)20(2)8-9-21-3/h4-7H,8-11H2,1-3H3. The number of rotatable bonds is 4. The molecule has 0 radical (unpaired) electrons. The van der Waals surface area contributed by atoms with E-state index in [0.717, 1.165) is 41.6 Å². The van der Waals surface area contributed by atoms with Crippen LogP contribution in [-0.4, -0.2) is 37.3 Å². The van der Waals surface area contributed by atoms with E-state index in [2.05, 4.69) is 20.9 Å². The molecule has 0 bridgehead atoms. The summed E-state index contributed by atoms with van der Waals surface area (Å²) in [5.74, 6) is 2.68. The van der Waals surface area contributed by atoms with Gasteiger partial charge in [-0.05, 0) is 18.6 Å².